The summed E-state index contributed by atoms with van der Waals surface area (Å²) in [6.45, 7) is 0. The maximum atomic E-state index is 9.27. The van der Waals surface area contributed by atoms with Crippen LogP contribution in [0.3, 0.4) is 0 Å². The normalized spacial score (nSPS) is 21.8. The molecule has 0 saturated heterocycles. The zero-order chi connectivity index (χ0) is 13.2. The van der Waals surface area contributed by atoms with Crippen LogP contribution in [0.15, 0.2) is 12.7 Å². The monoisotopic (exact) mass is 262 g/mol. The molecular formula is C10H14N8O. The van der Waals surface area contributed by atoms with Crippen LogP contribution < -0.4 is 10.6 Å². The Morgan fingerprint density at radius 3 is 2.68 bits per heavy atom. The first-order valence-corrected chi connectivity index (χ1v) is 5.98. The fourth-order valence-corrected chi connectivity index (χ4v) is 1.84. The number of nitrogens with zero attached hydrogens (tertiary/aromatic N) is 6. The quantitative estimate of drug-likeness (QED) is 0.671. The van der Waals surface area contributed by atoms with E-state index < -0.39 is 0 Å². The third kappa shape index (κ3) is 2.45. The van der Waals surface area contributed by atoms with Gasteiger partial charge in [-0.1, -0.05) is 0 Å². The van der Waals surface area contributed by atoms with Gasteiger partial charge in [0.25, 0.3) is 5.95 Å². The zero-order valence-corrected chi connectivity index (χ0v) is 10.4. The van der Waals surface area contributed by atoms with Crippen LogP contribution in [0.5, 0.6) is 0 Å². The summed E-state index contributed by atoms with van der Waals surface area (Å²) in [4.78, 5) is 16.6. The van der Waals surface area contributed by atoms with Crippen LogP contribution in [-0.4, -0.2) is 54.0 Å². The van der Waals surface area contributed by atoms with Crippen LogP contribution in [0.1, 0.15) is 12.8 Å². The summed E-state index contributed by atoms with van der Waals surface area (Å²) in [6, 6.07) is 0.200. The number of anilines is 2. The van der Waals surface area contributed by atoms with E-state index in [1.165, 1.54) is 17.3 Å². The lowest BCUT2D eigenvalue weighted by Crippen LogP contribution is -2.39. The fraction of sp³-hybridized carbons (Fsp3) is 0.500. The van der Waals surface area contributed by atoms with Gasteiger partial charge in [0.1, 0.15) is 12.7 Å². The smallest absolute Gasteiger partial charge is 0.258 e. The molecule has 2 heterocycles. The third-order valence-corrected chi connectivity index (χ3v) is 2.92. The van der Waals surface area contributed by atoms with Crippen molar-refractivity contribution in [1.82, 2.24) is 29.7 Å². The van der Waals surface area contributed by atoms with Gasteiger partial charge in [0, 0.05) is 13.1 Å². The summed E-state index contributed by atoms with van der Waals surface area (Å²) >= 11 is 0. The van der Waals surface area contributed by atoms with E-state index >= 15 is 0 Å². The highest BCUT2D eigenvalue weighted by Gasteiger charge is 2.27. The fourth-order valence-electron chi connectivity index (χ4n) is 1.84. The van der Waals surface area contributed by atoms with Crippen LogP contribution in [0, 0.1) is 0 Å². The van der Waals surface area contributed by atoms with Gasteiger partial charge >= 0.3 is 0 Å². The van der Waals surface area contributed by atoms with E-state index in [1.807, 2.05) is 0 Å². The molecular weight excluding hydrogens is 248 g/mol. The highest BCUT2D eigenvalue weighted by Crippen LogP contribution is 2.22. The molecule has 19 heavy (non-hydrogen) atoms. The van der Waals surface area contributed by atoms with Crippen molar-refractivity contribution in [3.8, 4) is 5.95 Å². The van der Waals surface area contributed by atoms with E-state index in [-0.39, 0.29) is 12.1 Å². The molecule has 0 unspecified atom stereocenters. The lowest BCUT2D eigenvalue weighted by Gasteiger charge is -2.31. The molecule has 0 bridgehead atoms. The van der Waals surface area contributed by atoms with E-state index in [0.717, 1.165) is 0 Å². The number of aliphatic hydroxyl groups is 1. The minimum absolute atomic E-state index is 0.200. The Hall–Kier alpha value is -2.29. The molecule has 0 amide bonds. The number of hydrogen-bond acceptors (Lipinski definition) is 8. The summed E-state index contributed by atoms with van der Waals surface area (Å²) in [5.41, 5.74) is 0. The van der Waals surface area contributed by atoms with Gasteiger partial charge < -0.3 is 15.7 Å². The Morgan fingerprint density at radius 1 is 1.26 bits per heavy atom. The van der Waals surface area contributed by atoms with Gasteiger partial charge in [-0.05, 0) is 12.8 Å². The molecule has 0 radical (unpaired) electrons. The molecule has 1 aliphatic carbocycles. The molecule has 0 aromatic carbocycles. The molecule has 9 heteroatoms. The topological polar surface area (TPSA) is 114 Å². The van der Waals surface area contributed by atoms with Crippen LogP contribution in [-0.2, 0) is 0 Å². The Bertz CT molecular complexity index is 551. The van der Waals surface area contributed by atoms with Crippen molar-refractivity contribution in [2.45, 2.75) is 25.0 Å². The Balaban J connectivity index is 1.85. The number of nitrogens with one attached hydrogen (secondary N) is 2. The van der Waals surface area contributed by atoms with Crippen molar-refractivity contribution in [2.75, 3.05) is 17.7 Å². The van der Waals surface area contributed by atoms with Gasteiger partial charge in [-0.3, -0.25) is 0 Å². The van der Waals surface area contributed by atoms with Gasteiger partial charge in [0.05, 0.1) is 6.10 Å². The minimum Gasteiger partial charge on any atom is -0.393 e. The summed E-state index contributed by atoms with van der Waals surface area (Å²) in [5.74, 6) is 1.30. The van der Waals surface area contributed by atoms with Crippen molar-refractivity contribution in [3.63, 3.8) is 0 Å². The van der Waals surface area contributed by atoms with Crippen molar-refractivity contribution in [3.05, 3.63) is 12.7 Å². The molecule has 2 aromatic rings. The minimum atomic E-state index is -0.224. The molecule has 0 spiro atoms. The second-order valence-corrected chi connectivity index (χ2v) is 4.34. The molecule has 0 aliphatic heterocycles. The van der Waals surface area contributed by atoms with E-state index in [9.17, 15) is 5.11 Å². The second kappa shape index (κ2) is 4.76. The molecule has 0 atom stereocenters. The largest absolute Gasteiger partial charge is 0.393 e. The van der Waals surface area contributed by atoms with Crippen molar-refractivity contribution >= 4 is 11.9 Å². The van der Waals surface area contributed by atoms with E-state index in [4.69, 9.17) is 0 Å². The van der Waals surface area contributed by atoms with Gasteiger partial charge in [0.2, 0.25) is 11.9 Å². The summed E-state index contributed by atoms with van der Waals surface area (Å²) in [6.07, 6.45) is 4.13. The van der Waals surface area contributed by atoms with Crippen LogP contribution in [0.25, 0.3) is 5.95 Å². The van der Waals surface area contributed by atoms with Crippen LogP contribution in [0.4, 0.5) is 11.9 Å². The molecule has 1 aliphatic rings. The van der Waals surface area contributed by atoms with Crippen molar-refractivity contribution in [2.24, 2.45) is 0 Å². The number of hydrogen-bond donors (Lipinski definition) is 3. The van der Waals surface area contributed by atoms with Crippen LogP contribution in [0.2, 0.25) is 0 Å². The van der Waals surface area contributed by atoms with Crippen molar-refractivity contribution < 1.29 is 5.11 Å². The first-order valence-electron chi connectivity index (χ1n) is 5.98. The highest BCUT2D eigenvalue weighted by atomic mass is 16.3. The number of rotatable bonds is 4. The van der Waals surface area contributed by atoms with E-state index in [1.54, 1.807) is 7.05 Å². The van der Waals surface area contributed by atoms with Gasteiger partial charge in [0.15, 0.2) is 0 Å². The SMILES string of the molecule is CNc1nc(NC2CC(O)C2)nc(-n2cncn2)n1. The predicted octanol–water partition coefficient (Wildman–Crippen LogP) is -0.571. The maximum absolute atomic E-state index is 9.27. The Morgan fingerprint density at radius 2 is 2.05 bits per heavy atom. The maximum Gasteiger partial charge on any atom is 0.258 e. The second-order valence-electron chi connectivity index (χ2n) is 4.34. The lowest BCUT2D eigenvalue weighted by atomic mass is 9.90. The summed E-state index contributed by atoms with van der Waals surface area (Å²) in [7, 11) is 1.73. The molecule has 2 aromatic heterocycles. The van der Waals surface area contributed by atoms with Gasteiger partial charge in [-0.15, -0.1) is 0 Å². The van der Waals surface area contributed by atoms with Crippen LogP contribution >= 0.6 is 0 Å². The van der Waals surface area contributed by atoms with E-state index in [0.29, 0.717) is 30.7 Å². The first-order chi connectivity index (χ1) is 9.24. The standard InChI is InChI=1S/C10H14N8O/c1-11-8-15-9(14-6-2-7(19)3-6)17-10(16-8)18-5-12-4-13-18/h4-7,19H,2-3H2,1H3,(H2,11,14,15,16,17). The number of aliphatic hydroxyl groups excluding tert-OH is 1. The van der Waals surface area contributed by atoms with Crippen molar-refractivity contribution in [1.29, 1.82) is 0 Å². The Labute approximate surface area is 109 Å². The average molecular weight is 262 g/mol. The predicted molar refractivity (Wildman–Crippen MR) is 66.9 cm³/mol. The van der Waals surface area contributed by atoms with Gasteiger partial charge in [-0.25, -0.2) is 4.98 Å². The molecule has 3 rings (SSSR count). The first kappa shape index (κ1) is 11.8. The van der Waals surface area contributed by atoms with E-state index in [2.05, 4.69) is 35.7 Å². The summed E-state index contributed by atoms with van der Waals surface area (Å²) in [5, 5.41) is 19.3. The molecule has 9 nitrogen and oxygen atoms in total. The molecule has 3 N–H and O–H groups in total. The highest BCUT2D eigenvalue weighted by molar-refractivity contribution is 5.38. The van der Waals surface area contributed by atoms with Gasteiger partial charge in [-0.2, -0.15) is 24.7 Å². The zero-order valence-electron chi connectivity index (χ0n) is 10.4. The molecule has 1 fully saturated rings. The molecule has 100 valence electrons. The Kier molecular flexibility index (Phi) is 2.95. The number of aromatic nitrogens is 6. The average Bonchev–Trinajstić information content (AvgIpc) is 2.90. The lowest BCUT2D eigenvalue weighted by molar-refractivity contribution is 0.0834. The third-order valence-electron chi connectivity index (χ3n) is 2.92. The molecule has 1 saturated carbocycles. The summed E-state index contributed by atoms with van der Waals surface area (Å²) < 4.78 is 1.46.